The number of carbonyl (C=O) groups is 1. The van der Waals surface area contributed by atoms with Gasteiger partial charge in [-0.1, -0.05) is 19.6 Å². The van der Waals surface area contributed by atoms with Gasteiger partial charge in [0, 0.05) is 20.9 Å². The molecule has 0 amide bonds. The summed E-state index contributed by atoms with van der Waals surface area (Å²) in [4.78, 5) is 14.3. The van der Waals surface area contributed by atoms with E-state index in [1.54, 1.807) is 17.1 Å². The Kier molecular flexibility index (Phi) is 4.23. The van der Waals surface area contributed by atoms with E-state index in [0.717, 1.165) is 18.9 Å². The van der Waals surface area contributed by atoms with Crippen LogP contribution in [0.2, 0.25) is 25.7 Å². The molecule has 1 heterocycles. The second-order valence-electron chi connectivity index (χ2n) is 4.78. The summed E-state index contributed by atoms with van der Waals surface area (Å²) in [6.07, 6.45) is 4.03. The standard InChI is InChI=1S/C10H18N2O2Si/c1-15(2,3)5-4-14-9-12-6-10(7-13)11-8-12/h6-8H,4-5,9H2,1-3H3. The molecule has 0 aliphatic carbocycles. The van der Waals surface area contributed by atoms with Gasteiger partial charge in [0.2, 0.25) is 0 Å². The summed E-state index contributed by atoms with van der Waals surface area (Å²) in [5, 5.41) is 0. The molecule has 0 radical (unpaired) electrons. The van der Waals surface area contributed by atoms with Gasteiger partial charge in [-0.25, -0.2) is 4.98 Å². The number of aldehydes is 1. The Bertz CT molecular complexity index is 317. The fourth-order valence-corrected chi connectivity index (χ4v) is 1.81. The van der Waals surface area contributed by atoms with E-state index in [4.69, 9.17) is 4.74 Å². The van der Waals surface area contributed by atoms with Crippen LogP contribution in [0.3, 0.4) is 0 Å². The van der Waals surface area contributed by atoms with Crippen LogP contribution in [0.15, 0.2) is 12.5 Å². The van der Waals surface area contributed by atoms with Crippen molar-refractivity contribution in [1.29, 1.82) is 0 Å². The SMILES string of the molecule is C[Si](C)(C)CCOCn1cnc(C=O)c1. The van der Waals surface area contributed by atoms with Crippen molar-refractivity contribution in [3.05, 3.63) is 18.2 Å². The maximum absolute atomic E-state index is 10.4. The van der Waals surface area contributed by atoms with E-state index in [-0.39, 0.29) is 0 Å². The summed E-state index contributed by atoms with van der Waals surface area (Å²) in [6.45, 7) is 8.21. The minimum absolute atomic E-state index is 0.448. The van der Waals surface area contributed by atoms with Crippen LogP contribution in [-0.2, 0) is 11.5 Å². The summed E-state index contributed by atoms with van der Waals surface area (Å²) in [7, 11) is -1.00. The largest absolute Gasteiger partial charge is 0.361 e. The lowest BCUT2D eigenvalue weighted by molar-refractivity contribution is 0.0870. The molecule has 0 saturated carbocycles. The molecular weight excluding hydrogens is 208 g/mol. The Morgan fingerprint density at radius 3 is 2.80 bits per heavy atom. The minimum Gasteiger partial charge on any atom is -0.361 e. The number of hydrogen-bond acceptors (Lipinski definition) is 3. The van der Waals surface area contributed by atoms with Crippen molar-refractivity contribution in [3.63, 3.8) is 0 Å². The first kappa shape index (κ1) is 12.1. The van der Waals surface area contributed by atoms with E-state index in [0.29, 0.717) is 12.4 Å². The zero-order chi connectivity index (χ0) is 11.3. The number of rotatable bonds is 6. The van der Waals surface area contributed by atoms with Gasteiger partial charge in [-0.15, -0.1) is 0 Å². The third kappa shape index (κ3) is 4.90. The number of imidazole rings is 1. The molecule has 84 valence electrons. The predicted octanol–water partition coefficient (Wildman–Crippen LogP) is 2.01. The number of ether oxygens (including phenoxy) is 1. The van der Waals surface area contributed by atoms with Crippen molar-refractivity contribution in [2.24, 2.45) is 0 Å². The maximum atomic E-state index is 10.4. The van der Waals surface area contributed by atoms with Gasteiger partial charge in [0.1, 0.15) is 12.4 Å². The van der Waals surface area contributed by atoms with E-state index in [2.05, 4.69) is 24.6 Å². The van der Waals surface area contributed by atoms with Gasteiger partial charge in [0.05, 0.1) is 6.33 Å². The van der Waals surface area contributed by atoms with Gasteiger partial charge in [-0.3, -0.25) is 4.79 Å². The Balaban J connectivity index is 2.23. The Morgan fingerprint density at radius 1 is 1.53 bits per heavy atom. The molecule has 1 rings (SSSR count). The lowest BCUT2D eigenvalue weighted by atomic mass is 10.5. The molecule has 0 aromatic carbocycles. The first-order valence-electron chi connectivity index (χ1n) is 5.06. The molecular formula is C10H18N2O2Si. The van der Waals surface area contributed by atoms with Crippen LogP contribution < -0.4 is 0 Å². The fraction of sp³-hybridized carbons (Fsp3) is 0.600. The van der Waals surface area contributed by atoms with Gasteiger partial charge in [0.15, 0.2) is 6.29 Å². The highest BCUT2D eigenvalue weighted by Crippen LogP contribution is 2.07. The lowest BCUT2D eigenvalue weighted by Gasteiger charge is -2.15. The minimum atomic E-state index is -1.00. The van der Waals surface area contributed by atoms with Gasteiger partial charge < -0.3 is 9.30 Å². The molecule has 0 spiro atoms. The third-order valence-corrected chi connectivity index (χ3v) is 3.71. The van der Waals surface area contributed by atoms with Crippen molar-refractivity contribution >= 4 is 14.4 Å². The zero-order valence-corrected chi connectivity index (χ0v) is 10.6. The highest BCUT2D eigenvalue weighted by molar-refractivity contribution is 6.76. The van der Waals surface area contributed by atoms with Crippen LogP contribution in [0, 0.1) is 0 Å². The molecule has 15 heavy (non-hydrogen) atoms. The van der Waals surface area contributed by atoms with Crippen molar-refractivity contribution in [1.82, 2.24) is 9.55 Å². The second kappa shape index (κ2) is 5.23. The highest BCUT2D eigenvalue weighted by atomic mass is 28.3. The molecule has 1 aromatic heterocycles. The topological polar surface area (TPSA) is 44.1 Å². The molecule has 0 aliphatic heterocycles. The quantitative estimate of drug-likeness (QED) is 0.423. The average molecular weight is 226 g/mol. The molecule has 5 heteroatoms. The summed E-state index contributed by atoms with van der Waals surface area (Å²) >= 11 is 0. The first-order valence-corrected chi connectivity index (χ1v) is 8.77. The van der Waals surface area contributed by atoms with E-state index in [1.807, 2.05) is 0 Å². The van der Waals surface area contributed by atoms with Gasteiger partial charge in [-0.2, -0.15) is 0 Å². The Labute approximate surface area is 91.3 Å². The number of nitrogens with zero attached hydrogens (tertiary/aromatic N) is 2. The van der Waals surface area contributed by atoms with E-state index < -0.39 is 8.07 Å². The summed E-state index contributed by atoms with van der Waals surface area (Å²) < 4.78 is 7.27. The molecule has 4 nitrogen and oxygen atoms in total. The van der Waals surface area contributed by atoms with E-state index in [1.165, 1.54) is 0 Å². The van der Waals surface area contributed by atoms with Crippen LogP contribution in [-0.4, -0.2) is 30.5 Å². The number of aromatic nitrogens is 2. The third-order valence-electron chi connectivity index (χ3n) is 2.01. The Hall–Kier alpha value is -0.943. The molecule has 0 saturated heterocycles. The van der Waals surface area contributed by atoms with Crippen molar-refractivity contribution in [2.45, 2.75) is 32.4 Å². The molecule has 0 atom stereocenters. The smallest absolute Gasteiger partial charge is 0.169 e. The predicted molar refractivity (Wildman–Crippen MR) is 61.7 cm³/mol. The monoisotopic (exact) mass is 226 g/mol. The van der Waals surface area contributed by atoms with Crippen LogP contribution in [0.4, 0.5) is 0 Å². The van der Waals surface area contributed by atoms with Crippen molar-refractivity contribution in [2.75, 3.05) is 6.61 Å². The normalized spacial score (nSPS) is 11.7. The molecule has 0 fully saturated rings. The fourth-order valence-electron chi connectivity index (χ4n) is 1.06. The maximum Gasteiger partial charge on any atom is 0.169 e. The van der Waals surface area contributed by atoms with Crippen molar-refractivity contribution < 1.29 is 9.53 Å². The van der Waals surface area contributed by atoms with Crippen LogP contribution in [0.25, 0.3) is 0 Å². The molecule has 0 unspecified atom stereocenters. The van der Waals surface area contributed by atoms with E-state index in [9.17, 15) is 4.79 Å². The van der Waals surface area contributed by atoms with Gasteiger partial charge >= 0.3 is 0 Å². The number of carbonyl (C=O) groups excluding carboxylic acids is 1. The summed E-state index contributed by atoms with van der Waals surface area (Å²) in [5.74, 6) is 0. The second-order valence-corrected chi connectivity index (χ2v) is 10.4. The lowest BCUT2D eigenvalue weighted by Crippen LogP contribution is -2.21. The highest BCUT2D eigenvalue weighted by Gasteiger charge is 2.11. The van der Waals surface area contributed by atoms with Crippen LogP contribution in [0.5, 0.6) is 0 Å². The Morgan fingerprint density at radius 2 is 2.27 bits per heavy atom. The molecule has 1 aromatic rings. The zero-order valence-electron chi connectivity index (χ0n) is 9.56. The van der Waals surface area contributed by atoms with Gasteiger partial charge in [0.25, 0.3) is 0 Å². The average Bonchev–Trinajstić information content (AvgIpc) is 2.59. The summed E-state index contributed by atoms with van der Waals surface area (Å²) in [5.41, 5.74) is 0.448. The van der Waals surface area contributed by atoms with Crippen LogP contribution in [0.1, 0.15) is 10.5 Å². The van der Waals surface area contributed by atoms with Crippen molar-refractivity contribution in [3.8, 4) is 0 Å². The molecule has 0 bridgehead atoms. The molecule has 0 N–H and O–H groups in total. The van der Waals surface area contributed by atoms with Gasteiger partial charge in [-0.05, 0) is 6.04 Å². The van der Waals surface area contributed by atoms with Crippen LogP contribution >= 0.6 is 0 Å². The first-order chi connectivity index (χ1) is 7.01. The van der Waals surface area contributed by atoms with E-state index >= 15 is 0 Å². The number of hydrogen-bond donors (Lipinski definition) is 0. The summed E-state index contributed by atoms with van der Waals surface area (Å²) in [6, 6.07) is 1.15. The molecule has 0 aliphatic rings.